The molecule has 1 spiro atoms. The Bertz CT molecular complexity index is 657. The van der Waals surface area contributed by atoms with Crippen LogP contribution < -0.4 is 11.1 Å². The van der Waals surface area contributed by atoms with Gasteiger partial charge in [0.1, 0.15) is 0 Å². The lowest BCUT2D eigenvalue weighted by Crippen LogP contribution is -2.39. The summed E-state index contributed by atoms with van der Waals surface area (Å²) in [6.07, 6.45) is 8.92. The molecule has 2 fully saturated rings. The zero-order valence-electron chi connectivity index (χ0n) is 17.3. The maximum absolute atomic E-state index is 10.6. The van der Waals surface area contributed by atoms with E-state index < -0.39 is 12.1 Å². The van der Waals surface area contributed by atoms with E-state index in [1.807, 2.05) is 13.2 Å². The van der Waals surface area contributed by atoms with Crippen LogP contribution in [0.25, 0.3) is 0 Å². The lowest BCUT2D eigenvalue weighted by Gasteiger charge is -2.39. The molecule has 1 atom stereocenters. The summed E-state index contributed by atoms with van der Waals surface area (Å²) in [5, 5.41) is 15.0. The first kappa shape index (κ1) is 23.7. The largest absolute Gasteiger partial charge is 0.490 e. The van der Waals surface area contributed by atoms with Gasteiger partial charge in [-0.05, 0) is 76.9 Å². The number of hydrogen-bond donors (Lipinski definition) is 3. The van der Waals surface area contributed by atoms with Crippen molar-refractivity contribution in [3.63, 3.8) is 0 Å². The molecular weight excluding hydrogens is 385 g/mol. The number of nitrogens with zero attached hydrogens (tertiary/aromatic N) is 2. The van der Waals surface area contributed by atoms with Gasteiger partial charge >= 0.3 is 12.1 Å². The minimum atomic E-state index is -5.08. The van der Waals surface area contributed by atoms with Crippen molar-refractivity contribution in [2.75, 3.05) is 13.6 Å². The molecule has 9 heteroatoms. The highest BCUT2D eigenvalue weighted by Gasteiger charge is 2.39. The number of nitrogens with one attached hydrogen (secondary N) is 1. The smallest absolute Gasteiger partial charge is 0.475 e. The van der Waals surface area contributed by atoms with Crippen molar-refractivity contribution in [3.8, 4) is 0 Å². The zero-order chi connectivity index (χ0) is 21.7. The Balaban J connectivity index is 0.000000370. The van der Waals surface area contributed by atoms with Gasteiger partial charge < -0.3 is 16.2 Å². The van der Waals surface area contributed by atoms with Gasteiger partial charge in [-0.3, -0.25) is 4.68 Å². The molecule has 1 aromatic heterocycles. The van der Waals surface area contributed by atoms with Crippen LogP contribution in [0.3, 0.4) is 0 Å². The van der Waals surface area contributed by atoms with E-state index in [0.29, 0.717) is 11.5 Å². The number of alkyl halides is 3. The fourth-order valence-corrected chi connectivity index (χ4v) is 4.65. The first-order valence-corrected chi connectivity index (χ1v) is 10.3. The lowest BCUT2D eigenvalue weighted by atomic mass is 9.71. The summed E-state index contributed by atoms with van der Waals surface area (Å²) in [5.41, 5.74) is 8.17. The van der Waals surface area contributed by atoms with Gasteiger partial charge in [0, 0.05) is 6.20 Å². The molecule has 0 aromatic carbocycles. The Hall–Kier alpha value is -1.61. The Morgan fingerprint density at radius 3 is 2.34 bits per heavy atom. The van der Waals surface area contributed by atoms with Gasteiger partial charge in [-0.1, -0.05) is 12.8 Å². The molecular formula is C20H33F3N4O2. The molecule has 2 aliphatic rings. The first-order chi connectivity index (χ1) is 13.5. The Kier molecular flexibility index (Phi) is 7.73. The Labute approximate surface area is 170 Å². The number of carbonyl (C=O) groups is 1. The molecule has 4 N–H and O–H groups in total. The fraction of sp³-hybridized carbons (Fsp3) is 0.800. The molecule has 0 saturated heterocycles. The van der Waals surface area contributed by atoms with Crippen LogP contribution in [0, 0.1) is 5.41 Å². The molecule has 0 amide bonds. The van der Waals surface area contributed by atoms with Crippen LogP contribution in [0.4, 0.5) is 13.2 Å². The highest BCUT2D eigenvalue weighted by atomic mass is 19.4. The molecule has 2 aliphatic carbocycles. The fourth-order valence-electron chi connectivity index (χ4n) is 4.65. The van der Waals surface area contributed by atoms with Crippen molar-refractivity contribution in [2.24, 2.45) is 11.1 Å². The molecule has 0 bridgehead atoms. The first-order valence-electron chi connectivity index (χ1n) is 10.3. The summed E-state index contributed by atoms with van der Waals surface area (Å²) in [4.78, 5) is 8.90. The van der Waals surface area contributed by atoms with E-state index in [4.69, 9.17) is 15.6 Å². The van der Waals surface area contributed by atoms with Crippen molar-refractivity contribution < 1.29 is 23.1 Å². The van der Waals surface area contributed by atoms with Crippen molar-refractivity contribution in [1.29, 1.82) is 0 Å². The second-order valence-corrected chi connectivity index (χ2v) is 8.67. The molecule has 1 aromatic rings. The maximum atomic E-state index is 10.6. The Morgan fingerprint density at radius 1 is 1.31 bits per heavy atom. The molecule has 0 aliphatic heterocycles. The lowest BCUT2D eigenvalue weighted by molar-refractivity contribution is -0.192. The van der Waals surface area contributed by atoms with E-state index in [1.54, 1.807) is 0 Å². The number of halogens is 3. The van der Waals surface area contributed by atoms with Gasteiger partial charge in [-0.2, -0.15) is 18.3 Å². The highest BCUT2D eigenvalue weighted by molar-refractivity contribution is 5.73. The Morgan fingerprint density at radius 2 is 1.86 bits per heavy atom. The van der Waals surface area contributed by atoms with E-state index in [9.17, 15) is 13.2 Å². The maximum Gasteiger partial charge on any atom is 0.490 e. The van der Waals surface area contributed by atoms with E-state index in [-0.39, 0.29) is 5.54 Å². The number of carboxylic acids is 1. The van der Waals surface area contributed by atoms with Crippen LogP contribution in [0.2, 0.25) is 0 Å². The third kappa shape index (κ3) is 6.18. The van der Waals surface area contributed by atoms with Crippen LogP contribution in [-0.4, -0.2) is 40.6 Å². The van der Waals surface area contributed by atoms with Gasteiger partial charge in [-0.25, -0.2) is 4.79 Å². The average molecular weight is 419 g/mol. The highest BCUT2D eigenvalue weighted by Crippen LogP contribution is 2.51. The predicted octanol–water partition coefficient (Wildman–Crippen LogP) is 3.98. The van der Waals surface area contributed by atoms with Gasteiger partial charge in [0.25, 0.3) is 0 Å². The quantitative estimate of drug-likeness (QED) is 0.673. The number of nitrogens with two attached hydrogens (primary N) is 1. The normalized spacial score (nSPS) is 21.4. The minimum Gasteiger partial charge on any atom is -0.475 e. The molecule has 6 nitrogen and oxygen atoms in total. The van der Waals surface area contributed by atoms with Gasteiger partial charge in [0.2, 0.25) is 0 Å². The van der Waals surface area contributed by atoms with Crippen LogP contribution in [0.1, 0.15) is 76.4 Å². The molecule has 3 rings (SSSR count). The van der Waals surface area contributed by atoms with Crippen molar-refractivity contribution in [3.05, 3.63) is 18.0 Å². The van der Waals surface area contributed by atoms with Gasteiger partial charge in [-0.15, -0.1) is 0 Å². The summed E-state index contributed by atoms with van der Waals surface area (Å²) in [5.74, 6) is -2.76. The van der Waals surface area contributed by atoms with Crippen molar-refractivity contribution >= 4 is 5.97 Å². The van der Waals surface area contributed by atoms with E-state index >= 15 is 0 Å². The average Bonchev–Trinajstić information content (AvgIpc) is 3.31. The number of rotatable bonds is 5. The summed E-state index contributed by atoms with van der Waals surface area (Å²) in [7, 11) is 1.98. The standard InChI is InChI=1S/C18H32N4.C2HF3O2/c1-17(19,12-14-20-2)16-7-13-21-22(16)15-5-10-18(11-6-15)8-3-4-9-18;3-2(4,5)1(6)7/h7,13,15,20H,3-6,8-12,14,19H2,1-2H3;(H,6,7). The molecule has 1 heterocycles. The summed E-state index contributed by atoms with van der Waals surface area (Å²) in [6, 6.07) is 2.67. The molecule has 166 valence electrons. The number of carboxylic acid groups (broad SMARTS) is 1. The number of hydrogen-bond acceptors (Lipinski definition) is 4. The third-order valence-corrected chi connectivity index (χ3v) is 6.42. The van der Waals surface area contributed by atoms with Crippen LogP contribution >= 0.6 is 0 Å². The SMILES string of the molecule is CNCCC(C)(N)c1ccnn1C1CCC2(CCCC2)CC1.O=C(O)C(F)(F)F. The van der Waals surface area contributed by atoms with Crippen LogP contribution in [-0.2, 0) is 10.3 Å². The monoisotopic (exact) mass is 418 g/mol. The predicted molar refractivity (Wildman–Crippen MR) is 104 cm³/mol. The molecule has 1 unspecified atom stereocenters. The second-order valence-electron chi connectivity index (χ2n) is 8.67. The van der Waals surface area contributed by atoms with E-state index in [1.165, 1.54) is 57.1 Å². The van der Waals surface area contributed by atoms with Crippen LogP contribution in [0.15, 0.2) is 12.3 Å². The topological polar surface area (TPSA) is 93.2 Å². The van der Waals surface area contributed by atoms with Gasteiger partial charge in [0.05, 0.1) is 17.3 Å². The minimum absolute atomic E-state index is 0.304. The van der Waals surface area contributed by atoms with Gasteiger partial charge in [0.15, 0.2) is 0 Å². The molecule has 29 heavy (non-hydrogen) atoms. The molecule has 2 saturated carbocycles. The second kappa shape index (κ2) is 9.47. The number of aromatic nitrogens is 2. The van der Waals surface area contributed by atoms with E-state index in [2.05, 4.69) is 28.1 Å². The summed E-state index contributed by atoms with van der Waals surface area (Å²) in [6.45, 7) is 3.07. The van der Waals surface area contributed by atoms with E-state index in [0.717, 1.165) is 13.0 Å². The van der Waals surface area contributed by atoms with Crippen molar-refractivity contribution in [1.82, 2.24) is 15.1 Å². The third-order valence-electron chi connectivity index (χ3n) is 6.42. The summed E-state index contributed by atoms with van der Waals surface area (Å²) >= 11 is 0. The molecule has 0 radical (unpaired) electrons. The van der Waals surface area contributed by atoms with Crippen molar-refractivity contribution in [2.45, 2.75) is 82.5 Å². The number of aliphatic carboxylic acids is 1. The zero-order valence-corrected chi connectivity index (χ0v) is 17.3. The van der Waals surface area contributed by atoms with Crippen LogP contribution in [0.5, 0.6) is 0 Å². The summed E-state index contributed by atoms with van der Waals surface area (Å²) < 4.78 is 34.0.